The maximum atomic E-state index is 8.28. The van der Waals surface area contributed by atoms with Gasteiger partial charge in [0.05, 0.1) is 0 Å². The highest BCUT2D eigenvalue weighted by molar-refractivity contribution is 6.31. The van der Waals surface area contributed by atoms with Gasteiger partial charge in [0.15, 0.2) is 0 Å². The Balaban J connectivity index is 2.22. The van der Waals surface area contributed by atoms with E-state index in [1.165, 1.54) is 0 Å². The predicted octanol–water partition coefficient (Wildman–Crippen LogP) is 2.20. The molecule has 1 saturated carbocycles. The number of halogens is 1. The van der Waals surface area contributed by atoms with Gasteiger partial charge in [0.1, 0.15) is 0 Å². The maximum Gasteiger partial charge on any atom is 0.0444 e. The van der Waals surface area contributed by atoms with Crippen molar-refractivity contribution in [3.05, 3.63) is 34.9 Å². The molecule has 2 fully saturated rings. The second-order valence-corrected chi connectivity index (χ2v) is 3.77. The average Bonchev–Trinajstić information content (AvgIpc) is 2.54. The van der Waals surface area contributed by atoms with Crippen LogP contribution in [0.4, 0.5) is 0 Å². The van der Waals surface area contributed by atoms with Crippen LogP contribution < -0.4 is 5.32 Å². The van der Waals surface area contributed by atoms with Crippen LogP contribution in [0.1, 0.15) is 18.8 Å². The molecular weight excluding hydrogens is 182 g/mol. The molecule has 0 aromatic heterocycles. The smallest absolute Gasteiger partial charge is 0.0444 e. The minimum Gasteiger partial charge on any atom is -0.316 e. The van der Waals surface area contributed by atoms with E-state index in [9.17, 15) is 0 Å². The highest BCUT2D eigenvalue weighted by Crippen LogP contribution is 2.57. The minimum absolute atomic E-state index is 0.0836. The summed E-state index contributed by atoms with van der Waals surface area (Å²) in [4.78, 5) is 0. The fourth-order valence-electron chi connectivity index (χ4n) is 1.82. The molecule has 1 heterocycles. The summed E-state index contributed by atoms with van der Waals surface area (Å²) < 4.78 is 40.0. The van der Waals surface area contributed by atoms with Crippen LogP contribution in [-0.2, 0) is 5.41 Å². The molecule has 2 unspecified atom stereocenters. The zero-order valence-electron chi connectivity index (χ0n) is 11.9. The summed E-state index contributed by atoms with van der Waals surface area (Å²) in [6.07, 6.45) is -1.93. The third-order valence-corrected chi connectivity index (χ3v) is 2.93. The first-order valence-electron chi connectivity index (χ1n) is 6.72. The third kappa shape index (κ3) is 0.976. The summed E-state index contributed by atoms with van der Waals surface area (Å²) in [5, 5.41) is 2.99. The molecule has 13 heavy (non-hydrogen) atoms. The zero-order chi connectivity index (χ0) is 13.4. The van der Waals surface area contributed by atoms with Crippen molar-refractivity contribution in [2.45, 2.75) is 11.8 Å². The van der Waals surface area contributed by atoms with Gasteiger partial charge in [-0.2, -0.15) is 0 Å². The number of fused-ring (bicyclic) bond motifs is 1. The lowest BCUT2D eigenvalue weighted by molar-refractivity contribution is 0.676. The van der Waals surface area contributed by atoms with Crippen LogP contribution in [-0.4, -0.2) is 13.0 Å². The van der Waals surface area contributed by atoms with Gasteiger partial charge in [0.2, 0.25) is 0 Å². The second-order valence-electron chi connectivity index (χ2n) is 3.36. The summed E-state index contributed by atoms with van der Waals surface area (Å²) in [6, 6.07) is 6.80. The zero-order valence-corrected chi connectivity index (χ0v) is 7.65. The largest absolute Gasteiger partial charge is 0.316 e. The van der Waals surface area contributed by atoms with Crippen LogP contribution in [0.15, 0.2) is 24.3 Å². The number of hydrogen-bond acceptors (Lipinski definition) is 1. The quantitative estimate of drug-likeness (QED) is 0.730. The number of piperidine rings is 1. The van der Waals surface area contributed by atoms with Gasteiger partial charge in [-0.05, 0) is 30.4 Å². The summed E-state index contributed by atoms with van der Waals surface area (Å²) >= 11 is 6.10. The molecule has 0 radical (unpaired) electrons. The van der Waals surface area contributed by atoms with E-state index < -0.39 is 24.2 Å². The maximum absolute atomic E-state index is 8.28. The molecule has 3 rings (SSSR count). The molecule has 1 aliphatic carbocycles. The first kappa shape index (κ1) is 4.33. The Labute approximate surface area is 90.1 Å². The molecule has 2 atom stereocenters. The van der Waals surface area contributed by atoms with Crippen molar-refractivity contribution in [1.82, 2.24) is 5.32 Å². The van der Waals surface area contributed by atoms with Crippen LogP contribution in [0.3, 0.4) is 0 Å². The number of benzene rings is 1. The number of hydrogen-bond donors (Lipinski definition) is 1. The highest BCUT2D eigenvalue weighted by Gasteiger charge is 2.58. The summed E-state index contributed by atoms with van der Waals surface area (Å²) in [6.45, 7) is -1.98. The van der Waals surface area contributed by atoms with Crippen molar-refractivity contribution in [3.63, 3.8) is 0 Å². The lowest BCUT2D eigenvalue weighted by Gasteiger charge is -2.13. The van der Waals surface area contributed by atoms with Gasteiger partial charge in [-0.1, -0.05) is 29.8 Å². The normalized spacial score (nSPS) is 55.0. The van der Waals surface area contributed by atoms with Crippen molar-refractivity contribution in [3.8, 4) is 0 Å². The Kier molecular flexibility index (Phi) is 0.829. The standard InChI is InChI=1S/C11H12ClN/c12-10-4-2-1-3-9(10)11-5-8(11)6-13-7-11/h1-4,8,13H,5-7H2/i5D2,6D2,8D. The topological polar surface area (TPSA) is 12.0 Å². The fraction of sp³-hybridized carbons (Fsp3) is 0.455. The van der Waals surface area contributed by atoms with E-state index in [1.807, 2.05) is 0 Å². The molecule has 1 saturated heterocycles. The van der Waals surface area contributed by atoms with Gasteiger partial charge in [0.25, 0.3) is 0 Å². The molecule has 0 amide bonds. The first-order chi connectivity index (χ1) is 8.22. The Morgan fingerprint density at radius 1 is 1.62 bits per heavy atom. The van der Waals surface area contributed by atoms with Crippen molar-refractivity contribution >= 4 is 11.6 Å². The monoisotopic (exact) mass is 198 g/mol. The van der Waals surface area contributed by atoms with Crippen molar-refractivity contribution < 1.29 is 6.85 Å². The first-order valence-corrected chi connectivity index (χ1v) is 4.60. The molecule has 1 aromatic rings. The lowest BCUT2D eigenvalue weighted by atomic mass is 9.95. The van der Waals surface area contributed by atoms with Gasteiger partial charge in [0, 0.05) is 23.8 Å². The Morgan fingerprint density at radius 3 is 3.15 bits per heavy atom. The van der Waals surface area contributed by atoms with Crippen molar-refractivity contribution in [1.29, 1.82) is 0 Å². The molecule has 1 aromatic carbocycles. The molecule has 68 valence electrons. The van der Waals surface area contributed by atoms with Crippen LogP contribution in [0.25, 0.3) is 0 Å². The van der Waals surface area contributed by atoms with E-state index in [4.69, 9.17) is 18.5 Å². The van der Waals surface area contributed by atoms with E-state index in [-0.39, 0.29) is 6.54 Å². The van der Waals surface area contributed by atoms with Crippen LogP contribution >= 0.6 is 11.6 Å². The van der Waals surface area contributed by atoms with E-state index in [1.54, 1.807) is 24.3 Å². The van der Waals surface area contributed by atoms with E-state index in [0.29, 0.717) is 10.6 Å². The predicted molar refractivity (Wildman–Crippen MR) is 54.1 cm³/mol. The Hall–Kier alpha value is -0.530. The van der Waals surface area contributed by atoms with E-state index in [0.717, 1.165) is 0 Å². The van der Waals surface area contributed by atoms with Gasteiger partial charge >= 0.3 is 0 Å². The highest BCUT2D eigenvalue weighted by atomic mass is 35.5. The van der Waals surface area contributed by atoms with Gasteiger partial charge in [-0.25, -0.2) is 0 Å². The molecule has 1 aliphatic heterocycles. The summed E-state index contributed by atoms with van der Waals surface area (Å²) in [7, 11) is 0. The SMILES string of the molecule is [2H]C1([2H])NCC2(c3ccccc3Cl)C([2H])([2H])C12[2H]. The molecular formula is C11H12ClN. The van der Waals surface area contributed by atoms with E-state index in [2.05, 4.69) is 5.32 Å². The van der Waals surface area contributed by atoms with Gasteiger partial charge in [-0.15, -0.1) is 0 Å². The van der Waals surface area contributed by atoms with Crippen molar-refractivity contribution in [2.24, 2.45) is 5.89 Å². The lowest BCUT2D eigenvalue weighted by Crippen LogP contribution is -2.19. The molecule has 0 bridgehead atoms. The van der Waals surface area contributed by atoms with Crippen LogP contribution in [0, 0.1) is 5.89 Å². The average molecular weight is 199 g/mol. The molecule has 2 aliphatic rings. The minimum atomic E-state index is -2.06. The number of rotatable bonds is 1. The molecule has 1 nitrogen and oxygen atoms in total. The fourth-order valence-corrected chi connectivity index (χ4v) is 2.12. The van der Waals surface area contributed by atoms with Crippen LogP contribution in [0.5, 0.6) is 0 Å². The van der Waals surface area contributed by atoms with Crippen LogP contribution in [0.2, 0.25) is 5.02 Å². The number of nitrogens with one attached hydrogen (secondary N) is 1. The molecule has 1 N–H and O–H groups in total. The summed E-state index contributed by atoms with van der Waals surface area (Å²) in [5.74, 6) is -1.84. The van der Waals surface area contributed by atoms with Gasteiger partial charge < -0.3 is 5.32 Å². The Bertz CT molecular complexity index is 534. The molecule has 2 heteroatoms. The Morgan fingerprint density at radius 2 is 2.46 bits per heavy atom. The van der Waals surface area contributed by atoms with Crippen molar-refractivity contribution in [2.75, 3.05) is 13.0 Å². The second kappa shape index (κ2) is 2.49. The third-order valence-electron chi connectivity index (χ3n) is 2.60. The molecule has 0 spiro atoms. The van der Waals surface area contributed by atoms with Gasteiger partial charge in [-0.3, -0.25) is 0 Å². The summed E-state index contributed by atoms with van der Waals surface area (Å²) in [5.41, 5.74) is -0.692. The van der Waals surface area contributed by atoms with E-state index >= 15 is 0 Å².